The molecule has 1 nitrogen and oxygen atoms in total. The third-order valence-corrected chi connectivity index (χ3v) is 3.94. The van der Waals surface area contributed by atoms with Crippen molar-refractivity contribution in [3.8, 4) is 0 Å². The van der Waals surface area contributed by atoms with E-state index >= 15 is 0 Å². The first-order valence-electron chi connectivity index (χ1n) is 6.32. The standard InChI is InChI=1S/C15H19BrO/c1-3-4-13(16)6-7-14-10-12-9-11(2)5-8-15(12)17-14/h5,8-10,13H,3-4,6-7H2,1-2H3. The molecule has 2 aromatic rings. The summed E-state index contributed by atoms with van der Waals surface area (Å²) in [4.78, 5) is 0.613. The van der Waals surface area contributed by atoms with Crippen LogP contribution in [0.2, 0.25) is 0 Å². The van der Waals surface area contributed by atoms with Crippen LogP contribution in [0.15, 0.2) is 28.7 Å². The molecule has 0 spiro atoms. The van der Waals surface area contributed by atoms with Crippen molar-refractivity contribution in [2.45, 2.75) is 44.4 Å². The zero-order valence-corrected chi connectivity index (χ0v) is 12.1. The molecule has 2 heteroatoms. The lowest BCUT2D eigenvalue weighted by Crippen LogP contribution is -1.98. The zero-order chi connectivity index (χ0) is 12.3. The number of rotatable bonds is 5. The number of aryl methyl sites for hydroxylation is 2. The minimum Gasteiger partial charge on any atom is -0.461 e. The van der Waals surface area contributed by atoms with Gasteiger partial charge in [-0.25, -0.2) is 0 Å². The van der Waals surface area contributed by atoms with Crippen LogP contribution in [0.25, 0.3) is 11.0 Å². The number of alkyl halides is 1. The molecule has 0 amide bonds. The highest BCUT2D eigenvalue weighted by Crippen LogP contribution is 2.23. The van der Waals surface area contributed by atoms with Crippen LogP contribution in [0.1, 0.15) is 37.5 Å². The smallest absolute Gasteiger partial charge is 0.134 e. The van der Waals surface area contributed by atoms with E-state index in [1.165, 1.54) is 23.8 Å². The van der Waals surface area contributed by atoms with E-state index in [-0.39, 0.29) is 0 Å². The van der Waals surface area contributed by atoms with Gasteiger partial charge in [-0.3, -0.25) is 0 Å². The van der Waals surface area contributed by atoms with E-state index in [4.69, 9.17) is 4.42 Å². The summed E-state index contributed by atoms with van der Waals surface area (Å²) < 4.78 is 5.83. The van der Waals surface area contributed by atoms with Gasteiger partial charge in [-0.05, 0) is 38.0 Å². The second-order valence-electron chi connectivity index (χ2n) is 4.68. The van der Waals surface area contributed by atoms with E-state index < -0.39 is 0 Å². The summed E-state index contributed by atoms with van der Waals surface area (Å²) in [5.74, 6) is 1.10. The Hall–Kier alpha value is -0.760. The predicted octanol–water partition coefficient (Wildman–Crippen LogP) is 5.24. The molecular weight excluding hydrogens is 276 g/mol. The molecule has 0 bridgehead atoms. The summed E-state index contributed by atoms with van der Waals surface area (Å²) >= 11 is 3.71. The van der Waals surface area contributed by atoms with E-state index in [2.05, 4.69) is 54.0 Å². The monoisotopic (exact) mass is 294 g/mol. The fourth-order valence-corrected chi connectivity index (χ4v) is 2.78. The second-order valence-corrected chi connectivity index (χ2v) is 5.97. The molecule has 0 aliphatic carbocycles. The molecule has 0 fully saturated rings. The Morgan fingerprint density at radius 3 is 2.82 bits per heavy atom. The first-order valence-corrected chi connectivity index (χ1v) is 7.23. The maximum absolute atomic E-state index is 5.83. The molecule has 1 aromatic heterocycles. The summed E-state index contributed by atoms with van der Waals surface area (Å²) in [5.41, 5.74) is 2.29. The normalized spacial score (nSPS) is 13.1. The molecule has 0 saturated carbocycles. The van der Waals surface area contributed by atoms with E-state index in [1.807, 2.05) is 0 Å². The molecular formula is C15H19BrO. The van der Waals surface area contributed by atoms with Crippen molar-refractivity contribution in [1.29, 1.82) is 0 Å². The molecule has 92 valence electrons. The fraction of sp³-hybridized carbons (Fsp3) is 0.467. The van der Waals surface area contributed by atoms with E-state index in [0.29, 0.717) is 4.83 Å². The van der Waals surface area contributed by atoms with Gasteiger partial charge < -0.3 is 4.42 Å². The number of furan rings is 1. The van der Waals surface area contributed by atoms with Crippen molar-refractivity contribution < 1.29 is 4.42 Å². The van der Waals surface area contributed by atoms with Crippen LogP contribution >= 0.6 is 15.9 Å². The van der Waals surface area contributed by atoms with Gasteiger partial charge in [0.15, 0.2) is 0 Å². The molecule has 1 aromatic carbocycles. The SMILES string of the molecule is CCCC(Br)CCc1cc2cc(C)ccc2o1. The van der Waals surface area contributed by atoms with Crippen LogP contribution in [0.5, 0.6) is 0 Å². The summed E-state index contributed by atoms with van der Waals surface area (Å²) in [7, 11) is 0. The molecule has 0 aliphatic heterocycles. The largest absolute Gasteiger partial charge is 0.461 e. The van der Waals surface area contributed by atoms with Gasteiger partial charge in [-0.1, -0.05) is 40.9 Å². The molecule has 2 rings (SSSR count). The highest BCUT2D eigenvalue weighted by molar-refractivity contribution is 9.09. The average Bonchev–Trinajstić information content (AvgIpc) is 2.68. The van der Waals surface area contributed by atoms with Crippen LogP contribution in [-0.4, -0.2) is 4.83 Å². The van der Waals surface area contributed by atoms with Crippen LogP contribution in [-0.2, 0) is 6.42 Å². The lowest BCUT2D eigenvalue weighted by molar-refractivity contribution is 0.532. The summed E-state index contributed by atoms with van der Waals surface area (Å²) in [6.45, 7) is 4.33. The van der Waals surface area contributed by atoms with Gasteiger partial charge in [-0.2, -0.15) is 0 Å². The van der Waals surface area contributed by atoms with Crippen LogP contribution in [0.3, 0.4) is 0 Å². The maximum atomic E-state index is 5.83. The Morgan fingerprint density at radius 2 is 2.06 bits per heavy atom. The summed E-state index contributed by atoms with van der Waals surface area (Å²) in [6.07, 6.45) is 4.63. The van der Waals surface area contributed by atoms with Gasteiger partial charge in [0.25, 0.3) is 0 Å². The zero-order valence-electron chi connectivity index (χ0n) is 10.5. The highest BCUT2D eigenvalue weighted by atomic mass is 79.9. The summed E-state index contributed by atoms with van der Waals surface area (Å²) in [5, 5.41) is 1.22. The third-order valence-electron chi connectivity index (χ3n) is 3.03. The average molecular weight is 295 g/mol. The van der Waals surface area contributed by atoms with Crippen molar-refractivity contribution in [2.24, 2.45) is 0 Å². The minimum atomic E-state index is 0.613. The number of hydrogen-bond donors (Lipinski definition) is 0. The first kappa shape index (κ1) is 12.7. The molecule has 0 N–H and O–H groups in total. The van der Waals surface area contributed by atoms with Gasteiger partial charge in [-0.15, -0.1) is 0 Å². The molecule has 0 radical (unpaired) electrons. The Balaban J connectivity index is 2.04. The predicted molar refractivity (Wildman–Crippen MR) is 76.9 cm³/mol. The number of benzene rings is 1. The lowest BCUT2D eigenvalue weighted by atomic mass is 10.1. The maximum Gasteiger partial charge on any atom is 0.134 e. The quantitative estimate of drug-likeness (QED) is 0.688. The van der Waals surface area contributed by atoms with Crippen molar-refractivity contribution in [3.63, 3.8) is 0 Å². The summed E-state index contributed by atoms with van der Waals surface area (Å²) in [6, 6.07) is 8.51. The molecule has 0 saturated heterocycles. The van der Waals surface area contributed by atoms with Gasteiger partial charge >= 0.3 is 0 Å². The van der Waals surface area contributed by atoms with Crippen LogP contribution in [0, 0.1) is 6.92 Å². The Morgan fingerprint density at radius 1 is 1.24 bits per heavy atom. The second kappa shape index (κ2) is 5.72. The molecule has 17 heavy (non-hydrogen) atoms. The van der Waals surface area contributed by atoms with Crippen molar-refractivity contribution >= 4 is 26.9 Å². The van der Waals surface area contributed by atoms with E-state index in [9.17, 15) is 0 Å². The molecule has 1 unspecified atom stereocenters. The fourth-order valence-electron chi connectivity index (χ4n) is 2.10. The number of fused-ring (bicyclic) bond motifs is 1. The lowest BCUT2D eigenvalue weighted by Gasteiger charge is -2.05. The van der Waals surface area contributed by atoms with E-state index in [1.54, 1.807) is 0 Å². The van der Waals surface area contributed by atoms with Gasteiger partial charge in [0.05, 0.1) is 0 Å². The van der Waals surface area contributed by atoms with Crippen LogP contribution in [0.4, 0.5) is 0 Å². The molecule has 1 atom stereocenters. The van der Waals surface area contributed by atoms with Crippen molar-refractivity contribution in [3.05, 3.63) is 35.6 Å². The van der Waals surface area contributed by atoms with Crippen molar-refractivity contribution in [2.75, 3.05) is 0 Å². The highest BCUT2D eigenvalue weighted by Gasteiger charge is 2.07. The Kier molecular flexibility index (Phi) is 4.27. The Bertz CT molecular complexity index is 487. The van der Waals surface area contributed by atoms with Gasteiger partial charge in [0.2, 0.25) is 0 Å². The number of hydrogen-bond acceptors (Lipinski definition) is 1. The third kappa shape index (κ3) is 3.35. The van der Waals surface area contributed by atoms with E-state index in [0.717, 1.165) is 24.2 Å². The van der Waals surface area contributed by atoms with Crippen molar-refractivity contribution in [1.82, 2.24) is 0 Å². The Labute approximate surface area is 111 Å². The van der Waals surface area contributed by atoms with Crippen LogP contribution < -0.4 is 0 Å². The molecule has 1 heterocycles. The molecule has 0 aliphatic rings. The number of halogens is 1. The van der Waals surface area contributed by atoms with Gasteiger partial charge in [0, 0.05) is 16.6 Å². The first-order chi connectivity index (χ1) is 8.19. The van der Waals surface area contributed by atoms with Gasteiger partial charge in [0.1, 0.15) is 11.3 Å². The topological polar surface area (TPSA) is 13.1 Å². The minimum absolute atomic E-state index is 0.613.